The predicted octanol–water partition coefficient (Wildman–Crippen LogP) is -0.222. The lowest BCUT2D eigenvalue weighted by atomic mass is 10.3. The van der Waals surface area contributed by atoms with Gasteiger partial charge in [0.2, 0.25) is 0 Å². The number of aromatic nitrogens is 1. The van der Waals surface area contributed by atoms with Crippen molar-refractivity contribution in [2.45, 2.75) is 0 Å². The van der Waals surface area contributed by atoms with Gasteiger partial charge in [0.05, 0.1) is 6.61 Å². The molecule has 0 radical (unpaired) electrons. The second-order valence-corrected chi connectivity index (χ2v) is 3.97. The lowest BCUT2D eigenvalue weighted by Crippen LogP contribution is -2.47. The van der Waals surface area contributed by atoms with Crippen LogP contribution in [-0.2, 0) is 0 Å². The summed E-state index contributed by atoms with van der Waals surface area (Å²) in [6, 6.07) is 5.71. The molecule has 1 aliphatic rings. The smallest absolute Gasteiger partial charge is 0.131 e. The molecule has 1 aromatic heterocycles. The molecule has 1 fully saturated rings. The molecule has 0 bridgehead atoms. The second kappa shape index (κ2) is 5.14. The highest BCUT2D eigenvalue weighted by Crippen LogP contribution is 2.14. The van der Waals surface area contributed by atoms with Crippen LogP contribution in [-0.4, -0.2) is 54.3 Å². The molecule has 3 N–H and O–H groups in total. The number of rotatable bonds is 3. The van der Waals surface area contributed by atoms with Crippen molar-refractivity contribution in [3.8, 4) is 0 Å². The third-order valence-corrected chi connectivity index (χ3v) is 2.87. The maximum Gasteiger partial charge on any atom is 0.131 e. The number of β-amino-alcohol motifs (C(OH)–C–C–N with tert-alkyl or cyclic N) is 1. The Kier molecular flexibility index (Phi) is 3.58. The maximum absolute atomic E-state index is 8.85. The molecule has 0 atom stereocenters. The van der Waals surface area contributed by atoms with Crippen molar-refractivity contribution in [3.05, 3.63) is 18.2 Å². The summed E-state index contributed by atoms with van der Waals surface area (Å²) in [7, 11) is 0. The molecule has 16 heavy (non-hydrogen) atoms. The maximum atomic E-state index is 8.85. The third-order valence-electron chi connectivity index (χ3n) is 2.87. The molecular weight excluding hydrogens is 204 g/mol. The Labute approximate surface area is 95.5 Å². The van der Waals surface area contributed by atoms with Gasteiger partial charge in [-0.2, -0.15) is 0 Å². The van der Waals surface area contributed by atoms with Crippen LogP contribution >= 0.6 is 0 Å². The zero-order valence-corrected chi connectivity index (χ0v) is 9.34. The average Bonchev–Trinajstić information content (AvgIpc) is 2.30. The van der Waals surface area contributed by atoms with E-state index in [0.29, 0.717) is 5.82 Å². The van der Waals surface area contributed by atoms with E-state index in [2.05, 4.69) is 14.8 Å². The summed E-state index contributed by atoms with van der Waals surface area (Å²) in [5.41, 5.74) is 5.66. The minimum Gasteiger partial charge on any atom is -0.395 e. The Morgan fingerprint density at radius 1 is 1.25 bits per heavy atom. The molecule has 1 aliphatic heterocycles. The SMILES string of the molecule is Nc1cccc(N2CCN(CCO)CC2)n1. The Morgan fingerprint density at radius 3 is 2.62 bits per heavy atom. The molecule has 0 amide bonds. The molecule has 0 aromatic carbocycles. The van der Waals surface area contributed by atoms with E-state index in [1.54, 1.807) is 6.07 Å². The summed E-state index contributed by atoms with van der Waals surface area (Å²) in [5, 5.41) is 8.85. The van der Waals surface area contributed by atoms with Crippen LogP contribution in [0.3, 0.4) is 0 Å². The van der Waals surface area contributed by atoms with Crippen molar-refractivity contribution in [3.63, 3.8) is 0 Å². The molecule has 5 heteroatoms. The Hall–Kier alpha value is -1.33. The van der Waals surface area contributed by atoms with Crippen LogP contribution in [0, 0.1) is 0 Å². The van der Waals surface area contributed by atoms with Gasteiger partial charge in [0, 0.05) is 32.7 Å². The number of anilines is 2. The molecule has 0 aliphatic carbocycles. The lowest BCUT2D eigenvalue weighted by Gasteiger charge is -2.35. The first kappa shape index (κ1) is 11.2. The van der Waals surface area contributed by atoms with Gasteiger partial charge in [-0.05, 0) is 12.1 Å². The fourth-order valence-corrected chi connectivity index (χ4v) is 1.96. The van der Waals surface area contributed by atoms with Gasteiger partial charge in [0.15, 0.2) is 0 Å². The quantitative estimate of drug-likeness (QED) is 0.740. The molecule has 5 nitrogen and oxygen atoms in total. The number of nitrogens with zero attached hydrogens (tertiary/aromatic N) is 3. The number of aliphatic hydroxyl groups excluding tert-OH is 1. The number of piperazine rings is 1. The monoisotopic (exact) mass is 222 g/mol. The number of nitrogen functional groups attached to an aromatic ring is 1. The summed E-state index contributed by atoms with van der Waals surface area (Å²) in [6.45, 7) is 4.82. The van der Waals surface area contributed by atoms with E-state index < -0.39 is 0 Å². The van der Waals surface area contributed by atoms with E-state index in [1.165, 1.54) is 0 Å². The number of pyridine rings is 1. The van der Waals surface area contributed by atoms with Gasteiger partial charge in [0.25, 0.3) is 0 Å². The van der Waals surface area contributed by atoms with Gasteiger partial charge < -0.3 is 15.7 Å². The highest BCUT2D eigenvalue weighted by molar-refractivity contribution is 5.45. The van der Waals surface area contributed by atoms with E-state index in [1.807, 2.05) is 12.1 Å². The van der Waals surface area contributed by atoms with Crippen LogP contribution in [0.15, 0.2) is 18.2 Å². The van der Waals surface area contributed by atoms with E-state index in [4.69, 9.17) is 10.8 Å². The highest BCUT2D eigenvalue weighted by Gasteiger charge is 2.17. The largest absolute Gasteiger partial charge is 0.395 e. The van der Waals surface area contributed by atoms with Crippen molar-refractivity contribution < 1.29 is 5.11 Å². The van der Waals surface area contributed by atoms with E-state index >= 15 is 0 Å². The first-order valence-corrected chi connectivity index (χ1v) is 5.60. The Balaban J connectivity index is 1.94. The van der Waals surface area contributed by atoms with Crippen molar-refractivity contribution in [2.75, 3.05) is 50.0 Å². The van der Waals surface area contributed by atoms with Crippen molar-refractivity contribution in [2.24, 2.45) is 0 Å². The number of hydrogen-bond donors (Lipinski definition) is 2. The van der Waals surface area contributed by atoms with Gasteiger partial charge in [0.1, 0.15) is 11.6 Å². The predicted molar refractivity (Wildman–Crippen MR) is 64.4 cm³/mol. The Morgan fingerprint density at radius 2 is 2.00 bits per heavy atom. The number of hydrogen-bond acceptors (Lipinski definition) is 5. The lowest BCUT2D eigenvalue weighted by molar-refractivity contribution is 0.188. The molecule has 1 saturated heterocycles. The highest BCUT2D eigenvalue weighted by atomic mass is 16.3. The first-order chi connectivity index (χ1) is 7.79. The molecule has 2 heterocycles. The van der Waals surface area contributed by atoms with E-state index in [0.717, 1.165) is 38.5 Å². The van der Waals surface area contributed by atoms with Crippen LogP contribution in [0.5, 0.6) is 0 Å². The van der Waals surface area contributed by atoms with Crippen LogP contribution < -0.4 is 10.6 Å². The van der Waals surface area contributed by atoms with Crippen molar-refractivity contribution in [1.29, 1.82) is 0 Å². The van der Waals surface area contributed by atoms with Crippen LogP contribution in [0.1, 0.15) is 0 Å². The minimum absolute atomic E-state index is 0.233. The molecular formula is C11H18N4O. The zero-order valence-electron chi connectivity index (χ0n) is 9.34. The molecule has 2 rings (SSSR count). The van der Waals surface area contributed by atoms with Gasteiger partial charge in [-0.1, -0.05) is 6.07 Å². The number of aliphatic hydroxyl groups is 1. The normalized spacial score (nSPS) is 17.7. The van der Waals surface area contributed by atoms with Gasteiger partial charge in [-0.15, -0.1) is 0 Å². The van der Waals surface area contributed by atoms with E-state index in [-0.39, 0.29) is 6.61 Å². The van der Waals surface area contributed by atoms with Gasteiger partial charge in [-0.3, -0.25) is 4.90 Å². The summed E-state index contributed by atoms with van der Waals surface area (Å²) in [4.78, 5) is 8.78. The molecule has 0 saturated carbocycles. The van der Waals surface area contributed by atoms with E-state index in [9.17, 15) is 0 Å². The van der Waals surface area contributed by atoms with Crippen molar-refractivity contribution >= 4 is 11.6 Å². The zero-order chi connectivity index (χ0) is 11.4. The Bertz CT molecular complexity index is 337. The molecule has 0 unspecified atom stereocenters. The van der Waals surface area contributed by atoms with Crippen LogP contribution in [0.25, 0.3) is 0 Å². The molecule has 0 spiro atoms. The topological polar surface area (TPSA) is 65.6 Å². The number of nitrogens with two attached hydrogens (primary N) is 1. The fraction of sp³-hybridized carbons (Fsp3) is 0.545. The standard InChI is InChI=1S/C11H18N4O/c12-10-2-1-3-11(13-10)15-6-4-14(5-7-15)8-9-16/h1-3,16H,4-9H2,(H2,12,13). The van der Waals surface area contributed by atoms with Crippen LogP contribution in [0.4, 0.5) is 11.6 Å². The van der Waals surface area contributed by atoms with Gasteiger partial charge >= 0.3 is 0 Å². The van der Waals surface area contributed by atoms with Crippen molar-refractivity contribution in [1.82, 2.24) is 9.88 Å². The van der Waals surface area contributed by atoms with Gasteiger partial charge in [-0.25, -0.2) is 4.98 Å². The second-order valence-electron chi connectivity index (χ2n) is 3.97. The summed E-state index contributed by atoms with van der Waals surface area (Å²) in [6.07, 6.45) is 0. The molecule has 1 aromatic rings. The average molecular weight is 222 g/mol. The molecule has 88 valence electrons. The van der Waals surface area contributed by atoms with Crippen LogP contribution in [0.2, 0.25) is 0 Å². The first-order valence-electron chi connectivity index (χ1n) is 5.60. The summed E-state index contributed by atoms with van der Waals surface area (Å²) >= 11 is 0. The minimum atomic E-state index is 0.233. The third kappa shape index (κ3) is 2.62. The summed E-state index contributed by atoms with van der Waals surface area (Å²) < 4.78 is 0. The fourth-order valence-electron chi connectivity index (χ4n) is 1.96. The summed E-state index contributed by atoms with van der Waals surface area (Å²) in [5.74, 6) is 1.51.